The van der Waals surface area contributed by atoms with E-state index in [4.69, 9.17) is 10.7 Å². The zero-order valence-electron chi connectivity index (χ0n) is 15.3. The smallest absolute Gasteiger partial charge is 0.231 e. The van der Waals surface area contributed by atoms with Gasteiger partial charge in [-0.25, -0.2) is 0 Å². The molecule has 1 aliphatic heterocycles. The lowest BCUT2D eigenvalue weighted by Crippen LogP contribution is -2.31. The Hall–Kier alpha value is -3.09. The molecule has 0 bridgehead atoms. The van der Waals surface area contributed by atoms with Crippen molar-refractivity contribution in [2.24, 2.45) is 0 Å². The first-order valence-corrected chi connectivity index (χ1v) is 9.41. The number of nitrogens with one attached hydrogen (secondary N) is 1. The predicted molar refractivity (Wildman–Crippen MR) is 106 cm³/mol. The van der Waals surface area contributed by atoms with Crippen molar-refractivity contribution in [2.45, 2.75) is 38.1 Å². The summed E-state index contributed by atoms with van der Waals surface area (Å²) in [6, 6.07) is 8.49. The number of amides is 1. The van der Waals surface area contributed by atoms with E-state index in [1.165, 1.54) is 19.3 Å². The van der Waals surface area contributed by atoms with E-state index in [9.17, 15) is 4.79 Å². The third-order valence-corrected chi connectivity index (χ3v) is 5.75. The molecule has 0 spiro atoms. The standard InChI is InChI=1S/C20H22N6O/c1-25-16-7-6-13(11-12(16)5-8-17(25)27)22-20-23-18(21)15-9-10-26(19(15)24-20)14-3-2-4-14/h6-7,9-11,14H,2-5,8H2,1H3,(H3,21,22,23,24). The highest BCUT2D eigenvalue weighted by Gasteiger charge is 2.23. The van der Waals surface area contributed by atoms with Gasteiger partial charge in [0.15, 0.2) is 0 Å². The summed E-state index contributed by atoms with van der Waals surface area (Å²) in [6.45, 7) is 0. The van der Waals surface area contributed by atoms with E-state index in [1.54, 1.807) is 4.90 Å². The Bertz CT molecular complexity index is 1050. The van der Waals surface area contributed by atoms with Crippen LogP contribution in [0.3, 0.4) is 0 Å². The van der Waals surface area contributed by atoms with Crippen LogP contribution in [-0.2, 0) is 11.2 Å². The van der Waals surface area contributed by atoms with Crippen LogP contribution in [0.2, 0.25) is 0 Å². The van der Waals surface area contributed by atoms with Gasteiger partial charge in [0, 0.05) is 37.1 Å². The van der Waals surface area contributed by atoms with E-state index < -0.39 is 0 Å². The van der Waals surface area contributed by atoms with Gasteiger partial charge in [0.05, 0.1) is 5.39 Å². The maximum atomic E-state index is 11.9. The van der Waals surface area contributed by atoms with Gasteiger partial charge in [-0.2, -0.15) is 9.97 Å². The number of hydrogen-bond donors (Lipinski definition) is 2. The van der Waals surface area contributed by atoms with Crippen LogP contribution in [0, 0.1) is 0 Å². The second-order valence-corrected chi connectivity index (χ2v) is 7.40. The van der Waals surface area contributed by atoms with Gasteiger partial charge in [0.1, 0.15) is 11.5 Å². The highest BCUT2D eigenvalue weighted by molar-refractivity contribution is 5.96. The molecule has 1 saturated carbocycles. The summed E-state index contributed by atoms with van der Waals surface area (Å²) in [5.74, 6) is 1.14. The van der Waals surface area contributed by atoms with Crippen LogP contribution in [0.15, 0.2) is 30.5 Å². The molecule has 0 saturated heterocycles. The molecule has 0 radical (unpaired) electrons. The zero-order chi connectivity index (χ0) is 18.5. The molecule has 7 nitrogen and oxygen atoms in total. The first-order chi connectivity index (χ1) is 13.1. The number of aryl methyl sites for hydroxylation is 1. The third kappa shape index (κ3) is 2.61. The van der Waals surface area contributed by atoms with Gasteiger partial charge in [0.25, 0.3) is 0 Å². The summed E-state index contributed by atoms with van der Waals surface area (Å²) in [5.41, 5.74) is 10.1. The number of hydrogen-bond acceptors (Lipinski definition) is 5. The first-order valence-electron chi connectivity index (χ1n) is 9.41. The van der Waals surface area contributed by atoms with Gasteiger partial charge >= 0.3 is 0 Å². The Morgan fingerprint density at radius 2 is 2.04 bits per heavy atom. The molecule has 3 heterocycles. The molecule has 0 unspecified atom stereocenters. The van der Waals surface area contributed by atoms with Crippen molar-refractivity contribution in [3.05, 3.63) is 36.0 Å². The zero-order valence-corrected chi connectivity index (χ0v) is 15.3. The van der Waals surface area contributed by atoms with Gasteiger partial charge < -0.3 is 20.5 Å². The second kappa shape index (κ2) is 5.97. The monoisotopic (exact) mass is 362 g/mol. The number of anilines is 4. The minimum Gasteiger partial charge on any atom is -0.383 e. The number of benzene rings is 1. The molecule has 1 aliphatic carbocycles. The van der Waals surface area contributed by atoms with Crippen molar-refractivity contribution in [3.63, 3.8) is 0 Å². The number of carbonyl (C=O) groups is 1. The fourth-order valence-electron chi connectivity index (χ4n) is 3.94. The minimum atomic E-state index is 0.154. The van der Waals surface area contributed by atoms with E-state index in [2.05, 4.69) is 27.1 Å². The lowest BCUT2D eigenvalue weighted by atomic mass is 9.93. The Morgan fingerprint density at radius 1 is 1.19 bits per heavy atom. The quantitative estimate of drug-likeness (QED) is 0.745. The van der Waals surface area contributed by atoms with Crippen molar-refractivity contribution in [3.8, 4) is 0 Å². The van der Waals surface area contributed by atoms with Crippen LogP contribution in [0.4, 0.5) is 23.1 Å². The van der Waals surface area contributed by atoms with E-state index in [0.29, 0.717) is 24.2 Å². The average Bonchev–Trinajstić information content (AvgIpc) is 3.01. The summed E-state index contributed by atoms with van der Waals surface area (Å²) < 4.78 is 2.22. The summed E-state index contributed by atoms with van der Waals surface area (Å²) in [4.78, 5) is 22.7. The van der Waals surface area contributed by atoms with Crippen LogP contribution in [0.5, 0.6) is 0 Å². The number of nitrogen functional groups attached to an aromatic ring is 1. The first kappa shape index (κ1) is 16.1. The topological polar surface area (TPSA) is 89.1 Å². The number of aromatic nitrogens is 3. The summed E-state index contributed by atoms with van der Waals surface area (Å²) in [6.07, 6.45) is 7.00. The van der Waals surface area contributed by atoms with Crippen molar-refractivity contribution in [1.29, 1.82) is 0 Å². The molecule has 1 aromatic carbocycles. The molecule has 1 fully saturated rings. The minimum absolute atomic E-state index is 0.154. The predicted octanol–water partition coefficient (Wildman–Crippen LogP) is 3.39. The van der Waals surface area contributed by atoms with Crippen LogP contribution in [-0.4, -0.2) is 27.5 Å². The molecule has 2 aliphatic rings. The number of nitrogens with two attached hydrogens (primary N) is 1. The molecule has 7 heteroatoms. The highest BCUT2D eigenvalue weighted by atomic mass is 16.2. The van der Waals surface area contributed by atoms with Crippen LogP contribution >= 0.6 is 0 Å². The van der Waals surface area contributed by atoms with Gasteiger partial charge in [-0.15, -0.1) is 0 Å². The largest absolute Gasteiger partial charge is 0.383 e. The molecule has 3 N–H and O–H groups in total. The Morgan fingerprint density at radius 3 is 2.81 bits per heavy atom. The second-order valence-electron chi connectivity index (χ2n) is 7.40. The van der Waals surface area contributed by atoms with E-state index >= 15 is 0 Å². The number of nitrogens with zero attached hydrogens (tertiary/aromatic N) is 4. The van der Waals surface area contributed by atoms with E-state index in [-0.39, 0.29) is 5.91 Å². The molecule has 5 rings (SSSR count). The van der Waals surface area contributed by atoms with Crippen molar-refractivity contribution in [2.75, 3.05) is 23.0 Å². The number of rotatable bonds is 3. The maximum absolute atomic E-state index is 11.9. The van der Waals surface area contributed by atoms with Crippen molar-refractivity contribution < 1.29 is 4.79 Å². The van der Waals surface area contributed by atoms with E-state index in [1.807, 2.05) is 25.2 Å². The molecule has 2 aromatic heterocycles. The third-order valence-electron chi connectivity index (χ3n) is 5.75. The SMILES string of the molecule is CN1C(=O)CCc2cc(Nc3nc(N)c4ccn(C5CCC5)c4n3)ccc21. The van der Waals surface area contributed by atoms with E-state index in [0.717, 1.165) is 34.4 Å². The molecule has 1 amide bonds. The molecule has 0 atom stereocenters. The van der Waals surface area contributed by atoms with Crippen molar-refractivity contribution >= 4 is 40.1 Å². The number of fused-ring (bicyclic) bond motifs is 2. The lowest BCUT2D eigenvalue weighted by molar-refractivity contribution is -0.118. The van der Waals surface area contributed by atoms with Gasteiger partial charge in [0.2, 0.25) is 11.9 Å². The Labute approximate surface area is 157 Å². The van der Waals surface area contributed by atoms with Gasteiger partial charge in [-0.3, -0.25) is 4.79 Å². The number of carbonyl (C=O) groups excluding carboxylic acids is 1. The maximum Gasteiger partial charge on any atom is 0.231 e. The van der Waals surface area contributed by atoms with Crippen LogP contribution < -0.4 is 16.0 Å². The Balaban J connectivity index is 1.48. The average molecular weight is 362 g/mol. The van der Waals surface area contributed by atoms with Crippen LogP contribution in [0.1, 0.15) is 37.3 Å². The Kier molecular flexibility index (Phi) is 3.56. The van der Waals surface area contributed by atoms with Gasteiger partial charge in [-0.1, -0.05) is 0 Å². The van der Waals surface area contributed by atoms with Gasteiger partial charge in [-0.05, 0) is 55.5 Å². The summed E-state index contributed by atoms with van der Waals surface area (Å²) in [5, 5.41) is 4.19. The van der Waals surface area contributed by atoms with Crippen molar-refractivity contribution in [1.82, 2.24) is 14.5 Å². The molecular formula is C20H22N6O. The molecule has 27 heavy (non-hydrogen) atoms. The molecule has 138 valence electrons. The van der Waals surface area contributed by atoms with Crippen LogP contribution in [0.25, 0.3) is 11.0 Å². The fourth-order valence-corrected chi connectivity index (χ4v) is 3.94. The normalized spacial score (nSPS) is 17.1. The molecular weight excluding hydrogens is 340 g/mol. The highest BCUT2D eigenvalue weighted by Crippen LogP contribution is 2.35. The summed E-state index contributed by atoms with van der Waals surface area (Å²) in [7, 11) is 1.82. The lowest BCUT2D eigenvalue weighted by Gasteiger charge is -2.27. The fraction of sp³-hybridized carbons (Fsp3) is 0.350. The molecule has 3 aromatic rings. The summed E-state index contributed by atoms with van der Waals surface area (Å²) >= 11 is 0.